The van der Waals surface area contributed by atoms with Crippen molar-refractivity contribution in [3.8, 4) is 0 Å². The first kappa shape index (κ1) is 11.7. The summed E-state index contributed by atoms with van der Waals surface area (Å²) in [6.07, 6.45) is 4.47. The molecule has 0 radical (unpaired) electrons. The van der Waals surface area contributed by atoms with Gasteiger partial charge in [-0.3, -0.25) is 9.59 Å². The maximum Gasteiger partial charge on any atom is 0.307 e. The van der Waals surface area contributed by atoms with Gasteiger partial charge in [0.2, 0.25) is 11.0 Å². The Hall–Kier alpha value is -1.76. The van der Waals surface area contributed by atoms with Gasteiger partial charge in [-0.2, -0.15) is 0 Å². The van der Waals surface area contributed by atoms with E-state index in [9.17, 15) is 9.59 Å². The zero-order chi connectivity index (χ0) is 12.3. The van der Waals surface area contributed by atoms with Crippen molar-refractivity contribution in [1.29, 1.82) is 0 Å². The third-order valence-corrected chi connectivity index (χ3v) is 3.28. The van der Waals surface area contributed by atoms with Gasteiger partial charge < -0.3 is 10.4 Å². The number of allylic oxidation sites excluding steroid dienone is 2. The predicted molar refractivity (Wildman–Crippen MR) is 61.5 cm³/mol. The van der Waals surface area contributed by atoms with Gasteiger partial charge >= 0.3 is 5.97 Å². The molecule has 1 heterocycles. The molecule has 1 aromatic rings. The fraction of sp³-hybridized carbons (Fsp3) is 0.400. The third kappa shape index (κ3) is 2.68. The van der Waals surface area contributed by atoms with Crippen molar-refractivity contribution in [1.82, 2.24) is 10.2 Å². The van der Waals surface area contributed by atoms with Gasteiger partial charge in [0.05, 0.1) is 11.8 Å². The molecule has 7 heteroatoms. The number of aromatic nitrogens is 2. The average Bonchev–Trinajstić information content (AvgIpc) is 2.81. The van der Waals surface area contributed by atoms with Crippen molar-refractivity contribution < 1.29 is 14.7 Å². The molecule has 2 rings (SSSR count). The van der Waals surface area contributed by atoms with Crippen molar-refractivity contribution >= 4 is 28.3 Å². The highest BCUT2D eigenvalue weighted by Crippen LogP contribution is 2.27. The summed E-state index contributed by atoms with van der Waals surface area (Å²) in [7, 11) is 0. The number of aliphatic carboxylic acids is 1. The number of carbonyl (C=O) groups is 2. The highest BCUT2D eigenvalue weighted by atomic mass is 32.1. The summed E-state index contributed by atoms with van der Waals surface area (Å²) in [6.45, 7) is 0. The van der Waals surface area contributed by atoms with Gasteiger partial charge in [-0.1, -0.05) is 23.5 Å². The van der Waals surface area contributed by atoms with Gasteiger partial charge in [0.1, 0.15) is 5.51 Å². The highest BCUT2D eigenvalue weighted by Gasteiger charge is 2.34. The Balaban J connectivity index is 2.07. The van der Waals surface area contributed by atoms with Crippen molar-refractivity contribution in [2.24, 2.45) is 11.8 Å². The normalized spacial score (nSPS) is 23.3. The number of anilines is 1. The average molecular weight is 253 g/mol. The monoisotopic (exact) mass is 253 g/mol. The van der Waals surface area contributed by atoms with Crippen LogP contribution in [-0.4, -0.2) is 27.2 Å². The van der Waals surface area contributed by atoms with E-state index in [1.165, 1.54) is 16.8 Å². The number of rotatable bonds is 3. The molecule has 0 saturated carbocycles. The Morgan fingerprint density at radius 1 is 1.35 bits per heavy atom. The lowest BCUT2D eigenvalue weighted by atomic mass is 9.82. The number of carbonyl (C=O) groups excluding carboxylic acids is 1. The predicted octanol–water partition coefficient (Wildman–Crippen LogP) is 1.14. The van der Waals surface area contributed by atoms with Crippen LogP contribution in [0.5, 0.6) is 0 Å². The summed E-state index contributed by atoms with van der Waals surface area (Å²) >= 11 is 1.21. The van der Waals surface area contributed by atoms with Crippen LogP contribution in [0.4, 0.5) is 5.13 Å². The first-order valence-corrected chi connectivity index (χ1v) is 6.01. The maximum absolute atomic E-state index is 11.9. The van der Waals surface area contributed by atoms with Crippen LogP contribution in [0.15, 0.2) is 17.7 Å². The molecule has 0 fully saturated rings. The number of carboxylic acid groups (broad SMARTS) is 1. The van der Waals surface area contributed by atoms with Crippen LogP contribution in [-0.2, 0) is 9.59 Å². The van der Waals surface area contributed by atoms with Crippen LogP contribution < -0.4 is 5.32 Å². The van der Waals surface area contributed by atoms with E-state index in [1.807, 2.05) is 6.08 Å². The van der Waals surface area contributed by atoms with Crippen molar-refractivity contribution in [2.75, 3.05) is 5.32 Å². The van der Waals surface area contributed by atoms with E-state index in [2.05, 4.69) is 15.5 Å². The molecule has 17 heavy (non-hydrogen) atoms. The van der Waals surface area contributed by atoms with Crippen molar-refractivity contribution in [2.45, 2.75) is 12.8 Å². The number of nitrogens with zero attached hydrogens (tertiary/aromatic N) is 2. The van der Waals surface area contributed by atoms with E-state index in [0.717, 1.165) is 0 Å². The molecule has 1 aromatic heterocycles. The molecular weight excluding hydrogens is 242 g/mol. The molecular formula is C10H11N3O3S. The molecule has 6 nitrogen and oxygen atoms in total. The molecule has 0 aromatic carbocycles. The van der Waals surface area contributed by atoms with Gasteiger partial charge in [0, 0.05) is 0 Å². The largest absolute Gasteiger partial charge is 0.481 e. The molecule has 0 aliphatic heterocycles. The summed E-state index contributed by atoms with van der Waals surface area (Å²) in [5.41, 5.74) is 1.51. The minimum Gasteiger partial charge on any atom is -0.481 e. The van der Waals surface area contributed by atoms with Crippen molar-refractivity contribution in [3.63, 3.8) is 0 Å². The molecule has 1 aliphatic carbocycles. The standard InChI is InChI=1S/C10H11N3O3S/c14-8(12-10-13-11-5-17-10)6-3-1-2-4-7(6)9(15)16/h1-2,5-7H,3-4H2,(H,15,16)(H,12,13,14)/t6-,7-/m1/s1. The summed E-state index contributed by atoms with van der Waals surface area (Å²) in [5.74, 6) is -2.44. The molecule has 90 valence electrons. The molecule has 1 amide bonds. The second kappa shape index (κ2) is 5.05. The van der Waals surface area contributed by atoms with E-state index in [-0.39, 0.29) is 5.91 Å². The Bertz CT molecular complexity index is 444. The zero-order valence-electron chi connectivity index (χ0n) is 8.87. The summed E-state index contributed by atoms with van der Waals surface area (Å²) in [4.78, 5) is 22.9. The smallest absolute Gasteiger partial charge is 0.307 e. The summed E-state index contributed by atoms with van der Waals surface area (Å²) in [5, 5.41) is 19.3. The van der Waals surface area contributed by atoms with Gasteiger partial charge in [0.25, 0.3) is 0 Å². The van der Waals surface area contributed by atoms with Crippen LogP contribution in [0.25, 0.3) is 0 Å². The lowest BCUT2D eigenvalue weighted by Gasteiger charge is -2.23. The van der Waals surface area contributed by atoms with E-state index in [1.54, 1.807) is 6.08 Å². The van der Waals surface area contributed by atoms with Crippen LogP contribution in [0, 0.1) is 11.8 Å². The minimum atomic E-state index is -0.938. The third-order valence-electron chi connectivity index (χ3n) is 2.68. The molecule has 0 bridgehead atoms. The molecule has 0 spiro atoms. The molecule has 2 N–H and O–H groups in total. The first-order valence-electron chi connectivity index (χ1n) is 5.13. The second-order valence-corrected chi connectivity index (χ2v) is 4.56. The van der Waals surface area contributed by atoms with Gasteiger partial charge in [-0.15, -0.1) is 10.2 Å². The first-order chi connectivity index (χ1) is 8.18. The molecule has 2 atom stereocenters. The second-order valence-electron chi connectivity index (χ2n) is 3.73. The van der Waals surface area contributed by atoms with Gasteiger partial charge in [0.15, 0.2) is 0 Å². The van der Waals surface area contributed by atoms with Crippen molar-refractivity contribution in [3.05, 3.63) is 17.7 Å². The fourth-order valence-electron chi connectivity index (χ4n) is 1.80. The topological polar surface area (TPSA) is 92.2 Å². The van der Waals surface area contributed by atoms with Crippen LogP contribution in [0.3, 0.4) is 0 Å². The molecule has 0 saturated heterocycles. The lowest BCUT2D eigenvalue weighted by molar-refractivity contribution is -0.146. The van der Waals surface area contributed by atoms with Crippen LogP contribution >= 0.6 is 11.3 Å². The van der Waals surface area contributed by atoms with E-state index < -0.39 is 17.8 Å². The molecule has 0 unspecified atom stereocenters. The van der Waals surface area contributed by atoms with Gasteiger partial charge in [-0.05, 0) is 12.8 Å². The van der Waals surface area contributed by atoms with E-state index in [4.69, 9.17) is 5.11 Å². The SMILES string of the molecule is O=C(O)[C@@H]1CC=CC[C@H]1C(=O)Nc1nncs1. The van der Waals surface area contributed by atoms with Crippen LogP contribution in [0.2, 0.25) is 0 Å². The number of carboxylic acids is 1. The van der Waals surface area contributed by atoms with Gasteiger partial charge in [-0.25, -0.2) is 0 Å². The Morgan fingerprint density at radius 3 is 2.65 bits per heavy atom. The van der Waals surface area contributed by atoms with Crippen LogP contribution in [0.1, 0.15) is 12.8 Å². The van der Waals surface area contributed by atoms with E-state index in [0.29, 0.717) is 18.0 Å². The highest BCUT2D eigenvalue weighted by molar-refractivity contribution is 7.13. The number of nitrogens with one attached hydrogen (secondary N) is 1. The quantitative estimate of drug-likeness (QED) is 0.788. The molecule has 1 aliphatic rings. The Kier molecular flexibility index (Phi) is 3.48. The maximum atomic E-state index is 11.9. The summed E-state index contributed by atoms with van der Waals surface area (Å²) in [6, 6.07) is 0. The number of amides is 1. The zero-order valence-corrected chi connectivity index (χ0v) is 9.68. The minimum absolute atomic E-state index is 0.307. The summed E-state index contributed by atoms with van der Waals surface area (Å²) < 4.78 is 0. The number of hydrogen-bond donors (Lipinski definition) is 2. The van der Waals surface area contributed by atoms with E-state index >= 15 is 0 Å². The Labute approximate surface area is 101 Å². The Morgan fingerprint density at radius 2 is 2.06 bits per heavy atom. The lowest BCUT2D eigenvalue weighted by Crippen LogP contribution is -2.34. The number of hydrogen-bond acceptors (Lipinski definition) is 5. The fourth-order valence-corrected chi connectivity index (χ4v) is 2.25.